The average Bonchev–Trinajstić information content (AvgIpc) is 2.59. The van der Waals surface area contributed by atoms with Gasteiger partial charge < -0.3 is 15.0 Å². The van der Waals surface area contributed by atoms with Gasteiger partial charge in [0.1, 0.15) is 5.75 Å². The predicted octanol–water partition coefficient (Wildman–Crippen LogP) is 2.47. The van der Waals surface area contributed by atoms with Crippen molar-refractivity contribution >= 4 is 16.8 Å². The third-order valence-electron chi connectivity index (χ3n) is 3.61. The van der Waals surface area contributed by atoms with Gasteiger partial charge in [-0.15, -0.1) is 0 Å². The molecule has 5 heteroatoms. The molecule has 0 aliphatic rings. The van der Waals surface area contributed by atoms with Crippen LogP contribution in [0.3, 0.4) is 0 Å². The van der Waals surface area contributed by atoms with Crippen molar-refractivity contribution in [1.29, 1.82) is 0 Å². The molecule has 2 N–H and O–H groups in total. The number of aromatic nitrogens is 1. The van der Waals surface area contributed by atoms with Crippen molar-refractivity contribution in [3.05, 3.63) is 76.1 Å². The highest BCUT2D eigenvalue weighted by Crippen LogP contribution is 2.15. The van der Waals surface area contributed by atoms with Crippen LogP contribution >= 0.6 is 0 Å². The number of benzene rings is 2. The van der Waals surface area contributed by atoms with E-state index in [0.29, 0.717) is 17.6 Å². The minimum atomic E-state index is -0.293. The monoisotopic (exact) mass is 308 g/mol. The Morgan fingerprint density at radius 3 is 2.61 bits per heavy atom. The van der Waals surface area contributed by atoms with Gasteiger partial charge in [0.2, 0.25) is 5.56 Å². The molecule has 3 rings (SSSR count). The summed E-state index contributed by atoms with van der Waals surface area (Å²) >= 11 is 0. The van der Waals surface area contributed by atoms with Gasteiger partial charge in [-0.25, -0.2) is 0 Å². The number of ether oxygens (including phenoxy) is 1. The maximum absolute atomic E-state index is 12.4. The number of para-hydroxylation sites is 1. The first kappa shape index (κ1) is 14.8. The van der Waals surface area contributed by atoms with E-state index in [4.69, 9.17) is 4.74 Å². The number of nitrogens with one attached hydrogen (secondary N) is 2. The number of pyridine rings is 1. The van der Waals surface area contributed by atoms with Gasteiger partial charge in [0.25, 0.3) is 5.91 Å². The molecule has 23 heavy (non-hydrogen) atoms. The molecule has 0 fully saturated rings. The lowest BCUT2D eigenvalue weighted by molar-refractivity contribution is 0.0952. The van der Waals surface area contributed by atoms with Gasteiger partial charge in [-0.1, -0.05) is 30.3 Å². The molecule has 0 radical (unpaired) electrons. The number of carbonyl (C=O) groups is 1. The molecule has 1 aromatic heterocycles. The van der Waals surface area contributed by atoms with Crippen LogP contribution in [0.5, 0.6) is 5.75 Å². The van der Waals surface area contributed by atoms with Crippen molar-refractivity contribution in [3.8, 4) is 5.75 Å². The first-order valence-corrected chi connectivity index (χ1v) is 7.20. The number of rotatable bonds is 4. The van der Waals surface area contributed by atoms with Crippen LogP contribution in [-0.4, -0.2) is 18.0 Å². The summed E-state index contributed by atoms with van der Waals surface area (Å²) in [5.41, 5.74) is 1.68. The zero-order valence-corrected chi connectivity index (χ0v) is 12.6. The molecule has 1 amide bonds. The molecule has 0 spiro atoms. The normalized spacial score (nSPS) is 10.5. The summed E-state index contributed by atoms with van der Waals surface area (Å²) in [6.45, 7) is 0.379. The van der Waals surface area contributed by atoms with Crippen molar-refractivity contribution in [1.82, 2.24) is 10.3 Å². The van der Waals surface area contributed by atoms with Crippen molar-refractivity contribution in [2.45, 2.75) is 6.54 Å². The molecule has 0 saturated heterocycles. The van der Waals surface area contributed by atoms with Gasteiger partial charge in [0.15, 0.2) is 0 Å². The van der Waals surface area contributed by atoms with Gasteiger partial charge in [-0.3, -0.25) is 9.59 Å². The van der Waals surface area contributed by atoms with E-state index in [1.165, 1.54) is 6.07 Å². The standard InChI is InChI=1S/C18H16N2O3/c1-23-13-8-6-12(7-9-13)11-19-18(22)15-10-17(21)20-16-5-3-2-4-14(15)16/h2-10H,11H2,1H3,(H,19,22)(H,20,21). The Labute approximate surface area is 132 Å². The van der Waals surface area contributed by atoms with E-state index >= 15 is 0 Å². The summed E-state index contributed by atoms with van der Waals surface area (Å²) in [6.07, 6.45) is 0. The summed E-state index contributed by atoms with van der Waals surface area (Å²) in [4.78, 5) is 26.8. The number of aromatic amines is 1. The second-order valence-corrected chi connectivity index (χ2v) is 5.12. The first-order chi connectivity index (χ1) is 11.2. The molecule has 2 aromatic carbocycles. The van der Waals surface area contributed by atoms with Gasteiger partial charge in [0.05, 0.1) is 12.7 Å². The maximum Gasteiger partial charge on any atom is 0.252 e. The number of fused-ring (bicyclic) bond motifs is 1. The van der Waals surface area contributed by atoms with Gasteiger partial charge in [-0.05, 0) is 23.8 Å². The second-order valence-electron chi connectivity index (χ2n) is 5.12. The summed E-state index contributed by atoms with van der Waals surface area (Å²) in [7, 11) is 1.61. The Kier molecular flexibility index (Phi) is 4.10. The fraction of sp³-hybridized carbons (Fsp3) is 0.111. The minimum absolute atomic E-state index is 0.275. The molecule has 3 aromatic rings. The smallest absolute Gasteiger partial charge is 0.252 e. The highest BCUT2D eigenvalue weighted by molar-refractivity contribution is 6.05. The highest BCUT2D eigenvalue weighted by Gasteiger charge is 2.11. The lowest BCUT2D eigenvalue weighted by Gasteiger charge is -2.08. The zero-order valence-electron chi connectivity index (χ0n) is 12.6. The van der Waals surface area contributed by atoms with Crippen LogP contribution in [0.25, 0.3) is 10.9 Å². The molecule has 0 bridgehead atoms. The molecule has 0 saturated carbocycles. The quantitative estimate of drug-likeness (QED) is 0.778. The van der Waals surface area contributed by atoms with E-state index in [9.17, 15) is 9.59 Å². The van der Waals surface area contributed by atoms with E-state index in [1.807, 2.05) is 42.5 Å². The number of methoxy groups -OCH3 is 1. The van der Waals surface area contributed by atoms with E-state index in [2.05, 4.69) is 10.3 Å². The van der Waals surface area contributed by atoms with Gasteiger partial charge in [0, 0.05) is 23.5 Å². The minimum Gasteiger partial charge on any atom is -0.497 e. The van der Waals surface area contributed by atoms with E-state index in [0.717, 1.165) is 16.7 Å². The molecule has 5 nitrogen and oxygen atoms in total. The van der Waals surface area contributed by atoms with Crippen LogP contribution in [0.2, 0.25) is 0 Å². The van der Waals surface area contributed by atoms with Crippen LogP contribution in [0, 0.1) is 0 Å². The molecule has 116 valence electrons. The van der Waals surface area contributed by atoms with E-state index < -0.39 is 0 Å². The summed E-state index contributed by atoms with van der Waals surface area (Å²) < 4.78 is 5.10. The van der Waals surface area contributed by atoms with Gasteiger partial charge in [-0.2, -0.15) is 0 Å². The number of carbonyl (C=O) groups excluding carboxylic acids is 1. The molecule has 1 heterocycles. The van der Waals surface area contributed by atoms with E-state index in [-0.39, 0.29) is 11.5 Å². The Balaban J connectivity index is 1.81. The fourth-order valence-corrected chi connectivity index (χ4v) is 2.41. The van der Waals surface area contributed by atoms with Crippen LogP contribution in [0.15, 0.2) is 59.4 Å². The Hall–Kier alpha value is -3.08. The summed E-state index contributed by atoms with van der Waals surface area (Å²) in [5, 5.41) is 3.56. The number of hydrogen-bond donors (Lipinski definition) is 2. The largest absolute Gasteiger partial charge is 0.497 e. The van der Waals surface area contributed by atoms with Crippen molar-refractivity contribution in [3.63, 3.8) is 0 Å². The second kappa shape index (κ2) is 6.36. The molecule has 0 aliphatic carbocycles. The van der Waals surface area contributed by atoms with Crippen LogP contribution < -0.4 is 15.6 Å². The van der Waals surface area contributed by atoms with Crippen LogP contribution in [0.1, 0.15) is 15.9 Å². The van der Waals surface area contributed by atoms with Crippen LogP contribution in [-0.2, 0) is 6.54 Å². The number of amides is 1. The predicted molar refractivity (Wildman–Crippen MR) is 88.7 cm³/mol. The Morgan fingerprint density at radius 1 is 1.13 bits per heavy atom. The topological polar surface area (TPSA) is 71.2 Å². The lowest BCUT2D eigenvalue weighted by atomic mass is 10.1. The van der Waals surface area contributed by atoms with Crippen molar-refractivity contribution in [2.75, 3.05) is 7.11 Å². The molecule has 0 atom stereocenters. The fourth-order valence-electron chi connectivity index (χ4n) is 2.41. The van der Waals surface area contributed by atoms with E-state index in [1.54, 1.807) is 13.2 Å². The Morgan fingerprint density at radius 2 is 1.87 bits per heavy atom. The van der Waals surface area contributed by atoms with Gasteiger partial charge >= 0.3 is 0 Å². The third kappa shape index (κ3) is 3.23. The number of H-pyrrole nitrogens is 1. The number of hydrogen-bond acceptors (Lipinski definition) is 3. The highest BCUT2D eigenvalue weighted by atomic mass is 16.5. The lowest BCUT2D eigenvalue weighted by Crippen LogP contribution is -2.24. The first-order valence-electron chi connectivity index (χ1n) is 7.20. The summed E-state index contributed by atoms with van der Waals surface area (Å²) in [5.74, 6) is 0.490. The molecular formula is C18H16N2O3. The molecule has 0 unspecified atom stereocenters. The van der Waals surface area contributed by atoms with Crippen molar-refractivity contribution in [2.24, 2.45) is 0 Å². The van der Waals surface area contributed by atoms with Crippen LogP contribution in [0.4, 0.5) is 0 Å². The third-order valence-corrected chi connectivity index (χ3v) is 3.61. The van der Waals surface area contributed by atoms with Crippen molar-refractivity contribution < 1.29 is 9.53 Å². The summed E-state index contributed by atoms with van der Waals surface area (Å²) in [6, 6.07) is 16.0. The molecular weight excluding hydrogens is 292 g/mol. The maximum atomic E-state index is 12.4. The average molecular weight is 308 g/mol. The molecule has 0 aliphatic heterocycles. The SMILES string of the molecule is COc1ccc(CNC(=O)c2cc(=O)[nH]c3ccccc23)cc1. The Bertz CT molecular complexity index is 898. The zero-order chi connectivity index (χ0) is 16.2.